The number of amides is 1. The average molecular weight is 349 g/mol. The SMILES string of the molecule is CCCN(CC1CC1)C(=O)c1cccc(-c2ccnc(OC)c2C#N)c1. The molecule has 0 spiro atoms. The number of carbonyl (C=O) groups is 1. The Balaban J connectivity index is 1.93. The third kappa shape index (κ3) is 3.85. The van der Waals surface area contributed by atoms with Crippen molar-refractivity contribution in [3.8, 4) is 23.1 Å². The van der Waals surface area contributed by atoms with Gasteiger partial charge in [0.15, 0.2) is 0 Å². The van der Waals surface area contributed by atoms with Gasteiger partial charge in [0.05, 0.1) is 7.11 Å². The molecule has 0 aliphatic heterocycles. The molecule has 3 rings (SSSR count). The van der Waals surface area contributed by atoms with Crippen LogP contribution < -0.4 is 4.74 Å². The molecular formula is C21H23N3O2. The first-order valence-electron chi connectivity index (χ1n) is 9.00. The van der Waals surface area contributed by atoms with Crippen LogP contribution in [0.25, 0.3) is 11.1 Å². The lowest BCUT2D eigenvalue weighted by atomic mass is 9.99. The van der Waals surface area contributed by atoms with E-state index in [-0.39, 0.29) is 5.91 Å². The maximum absolute atomic E-state index is 13.0. The van der Waals surface area contributed by atoms with E-state index in [1.165, 1.54) is 20.0 Å². The lowest BCUT2D eigenvalue weighted by molar-refractivity contribution is 0.0748. The second-order valence-corrected chi connectivity index (χ2v) is 6.63. The molecule has 0 saturated heterocycles. The Bertz CT molecular complexity index is 837. The van der Waals surface area contributed by atoms with Crippen LogP contribution >= 0.6 is 0 Å². The Kier molecular flexibility index (Phi) is 5.52. The van der Waals surface area contributed by atoms with E-state index in [0.29, 0.717) is 22.9 Å². The lowest BCUT2D eigenvalue weighted by Gasteiger charge is -2.22. The number of rotatable bonds is 7. The van der Waals surface area contributed by atoms with Gasteiger partial charge in [-0.25, -0.2) is 4.98 Å². The molecule has 0 bridgehead atoms. The van der Waals surface area contributed by atoms with E-state index in [1.807, 2.05) is 29.2 Å². The van der Waals surface area contributed by atoms with Crippen LogP contribution in [-0.4, -0.2) is 36.0 Å². The predicted octanol–water partition coefficient (Wildman–Crippen LogP) is 3.89. The zero-order chi connectivity index (χ0) is 18.5. The number of ether oxygens (including phenoxy) is 1. The molecule has 0 radical (unpaired) electrons. The van der Waals surface area contributed by atoms with Gasteiger partial charge in [0.2, 0.25) is 5.88 Å². The molecule has 1 amide bonds. The predicted molar refractivity (Wildman–Crippen MR) is 99.9 cm³/mol. The average Bonchev–Trinajstić information content (AvgIpc) is 3.50. The number of hydrogen-bond donors (Lipinski definition) is 0. The van der Waals surface area contributed by atoms with E-state index in [2.05, 4.69) is 18.0 Å². The van der Waals surface area contributed by atoms with Gasteiger partial charge in [0.1, 0.15) is 11.6 Å². The number of aromatic nitrogens is 1. The summed E-state index contributed by atoms with van der Waals surface area (Å²) in [5, 5.41) is 9.49. The third-order valence-electron chi connectivity index (χ3n) is 4.60. The van der Waals surface area contributed by atoms with Crippen LogP contribution in [0.4, 0.5) is 0 Å². The quantitative estimate of drug-likeness (QED) is 0.760. The molecule has 0 unspecified atom stereocenters. The first kappa shape index (κ1) is 17.9. The van der Waals surface area contributed by atoms with Crippen LogP contribution in [0.2, 0.25) is 0 Å². The lowest BCUT2D eigenvalue weighted by Crippen LogP contribution is -2.33. The van der Waals surface area contributed by atoms with Crippen molar-refractivity contribution in [2.24, 2.45) is 5.92 Å². The van der Waals surface area contributed by atoms with Gasteiger partial charge in [-0.2, -0.15) is 5.26 Å². The van der Waals surface area contributed by atoms with E-state index in [9.17, 15) is 10.1 Å². The Morgan fingerprint density at radius 3 is 2.85 bits per heavy atom. The number of methoxy groups -OCH3 is 1. The van der Waals surface area contributed by atoms with Crippen molar-refractivity contribution in [2.75, 3.05) is 20.2 Å². The van der Waals surface area contributed by atoms with E-state index < -0.39 is 0 Å². The fourth-order valence-corrected chi connectivity index (χ4v) is 3.11. The van der Waals surface area contributed by atoms with Crippen molar-refractivity contribution in [2.45, 2.75) is 26.2 Å². The van der Waals surface area contributed by atoms with Crippen LogP contribution in [-0.2, 0) is 0 Å². The van der Waals surface area contributed by atoms with Crippen molar-refractivity contribution in [1.29, 1.82) is 5.26 Å². The Morgan fingerprint density at radius 2 is 2.19 bits per heavy atom. The smallest absolute Gasteiger partial charge is 0.253 e. The van der Waals surface area contributed by atoms with Crippen molar-refractivity contribution < 1.29 is 9.53 Å². The Hall–Kier alpha value is -2.87. The van der Waals surface area contributed by atoms with Crippen molar-refractivity contribution in [3.05, 3.63) is 47.7 Å². The Labute approximate surface area is 154 Å². The molecular weight excluding hydrogens is 326 g/mol. The number of pyridine rings is 1. The van der Waals surface area contributed by atoms with Crippen LogP contribution in [0.3, 0.4) is 0 Å². The molecule has 0 atom stereocenters. The molecule has 5 heteroatoms. The minimum atomic E-state index is 0.0557. The monoisotopic (exact) mass is 349 g/mol. The molecule has 1 aromatic carbocycles. The summed E-state index contributed by atoms with van der Waals surface area (Å²) >= 11 is 0. The fraction of sp³-hybridized carbons (Fsp3) is 0.381. The summed E-state index contributed by atoms with van der Waals surface area (Å²) in [5.74, 6) is 1.01. The first-order chi connectivity index (χ1) is 12.7. The number of carbonyl (C=O) groups excluding carboxylic acids is 1. The van der Waals surface area contributed by atoms with Crippen molar-refractivity contribution >= 4 is 5.91 Å². The van der Waals surface area contributed by atoms with Gasteiger partial charge in [-0.05, 0) is 48.9 Å². The summed E-state index contributed by atoms with van der Waals surface area (Å²) in [6.07, 6.45) is 4.99. The summed E-state index contributed by atoms with van der Waals surface area (Å²) in [4.78, 5) is 19.0. The first-order valence-corrected chi connectivity index (χ1v) is 9.00. The van der Waals surface area contributed by atoms with Gasteiger partial charge in [-0.3, -0.25) is 4.79 Å². The number of hydrogen-bond acceptors (Lipinski definition) is 4. The third-order valence-corrected chi connectivity index (χ3v) is 4.60. The summed E-state index contributed by atoms with van der Waals surface area (Å²) in [6.45, 7) is 3.70. The zero-order valence-corrected chi connectivity index (χ0v) is 15.2. The van der Waals surface area contributed by atoms with E-state index in [4.69, 9.17) is 4.74 Å². The highest BCUT2D eigenvalue weighted by Crippen LogP contribution is 2.31. The molecule has 1 aliphatic rings. The topological polar surface area (TPSA) is 66.2 Å². The van der Waals surface area contributed by atoms with E-state index in [0.717, 1.165) is 30.6 Å². The van der Waals surface area contributed by atoms with Crippen LogP contribution in [0.15, 0.2) is 36.5 Å². The zero-order valence-electron chi connectivity index (χ0n) is 15.2. The summed E-state index contributed by atoms with van der Waals surface area (Å²) < 4.78 is 5.19. The fourth-order valence-electron chi connectivity index (χ4n) is 3.11. The highest BCUT2D eigenvalue weighted by atomic mass is 16.5. The molecule has 1 fully saturated rings. The highest BCUT2D eigenvalue weighted by Gasteiger charge is 2.27. The van der Waals surface area contributed by atoms with Crippen molar-refractivity contribution in [3.63, 3.8) is 0 Å². The molecule has 1 aliphatic carbocycles. The van der Waals surface area contributed by atoms with Gasteiger partial charge in [0.25, 0.3) is 5.91 Å². The van der Waals surface area contributed by atoms with E-state index >= 15 is 0 Å². The number of benzene rings is 1. The van der Waals surface area contributed by atoms with Gasteiger partial charge < -0.3 is 9.64 Å². The minimum Gasteiger partial charge on any atom is -0.480 e. The van der Waals surface area contributed by atoms with Gasteiger partial charge in [0, 0.05) is 30.4 Å². The molecule has 1 heterocycles. The Morgan fingerprint density at radius 1 is 1.38 bits per heavy atom. The maximum Gasteiger partial charge on any atom is 0.253 e. The van der Waals surface area contributed by atoms with Crippen LogP contribution in [0.1, 0.15) is 42.1 Å². The standard InChI is InChI=1S/C21H23N3O2/c1-3-11-24(14-15-7-8-15)21(25)17-6-4-5-16(12-17)18-9-10-23-20(26-2)19(18)13-22/h4-6,9-10,12,15H,3,7-8,11,14H2,1-2H3. The van der Waals surface area contributed by atoms with Crippen LogP contribution in [0.5, 0.6) is 5.88 Å². The second-order valence-electron chi connectivity index (χ2n) is 6.63. The largest absolute Gasteiger partial charge is 0.480 e. The molecule has 26 heavy (non-hydrogen) atoms. The van der Waals surface area contributed by atoms with Gasteiger partial charge in [-0.1, -0.05) is 19.1 Å². The summed E-state index contributed by atoms with van der Waals surface area (Å²) in [5.41, 5.74) is 2.56. The molecule has 134 valence electrons. The molecule has 5 nitrogen and oxygen atoms in total. The highest BCUT2D eigenvalue weighted by molar-refractivity contribution is 5.95. The maximum atomic E-state index is 13.0. The van der Waals surface area contributed by atoms with Gasteiger partial charge >= 0.3 is 0 Å². The molecule has 0 N–H and O–H groups in total. The van der Waals surface area contributed by atoms with E-state index in [1.54, 1.807) is 12.3 Å². The van der Waals surface area contributed by atoms with Crippen molar-refractivity contribution in [1.82, 2.24) is 9.88 Å². The minimum absolute atomic E-state index is 0.0557. The number of nitrogens with zero attached hydrogens (tertiary/aromatic N) is 3. The summed E-state index contributed by atoms with van der Waals surface area (Å²) in [7, 11) is 1.49. The van der Waals surface area contributed by atoms with Gasteiger partial charge in [-0.15, -0.1) is 0 Å². The second kappa shape index (κ2) is 8.01. The summed E-state index contributed by atoms with van der Waals surface area (Å²) in [6, 6.07) is 11.4. The molecule has 2 aromatic rings. The normalized spacial score (nSPS) is 13.1. The van der Waals surface area contributed by atoms with Crippen LogP contribution in [0, 0.1) is 17.2 Å². The molecule has 1 aromatic heterocycles. The number of nitriles is 1. The molecule has 1 saturated carbocycles.